The van der Waals surface area contributed by atoms with Gasteiger partial charge in [-0.05, 0) is 101 Å². The third-order valence-electron chi connectivity index (χ3n) is 7.00. The van der Waals surface area contributed by atoms with Crippen molar-refractivity contribution in [3.63, 3.8) is 0 Å². The van der Waals surface area contributed by atoms with Crippen LogP contribution in [0.3, 0.4) is 0 Å². The third-order valence-corrected chi connectivity index (χ3v) is 7.00. The molecule has 1 heterocycles. The quantitative estimate of drug-likeness (QED) is 0.167. The fourth-order valence-corrected chi connectivity index (χ4v) is 4.84. The number of likely N-dealkylation sites (N-methyl/N-ethyl adjacent to an activating group) is 1. The number of benzene rings is 1. The number of nitrogens with two attached hydrogens (primary N) is 1. The van der Waals surface area contributed by atoms with Crippen molar-refractivity contribution in [2.75, 3.05) is 34.4 Å². The minimum absolute atomic E-state index is 0.0145. The van der Waals surface area contributed by atoms with E-state index in [-0.39, 0.29) is 43.0 Å². The molecule has 260 valence electrons. The number of ether oxygens (including phenoxy) is 2. The summed E-state index contributed by atoms with van der Waals surface area (Å²) in [4.78, 5) is 36.7. The number of rotatable bonds is 15. The lowest BCUT2D eigenvalue weighted by Crippen LogP contribution is -2.37. The van der Waals surface area contributed by atoms with E-state index >= 15 is 0 Å². The molecule has 1 unspecified atom stereocenters. The van der Waals surface area contributed by atoms with E-state index in [1.54, 1.807) is 28.1 Å². The molecule has 0 saturated heterocycles. The van der Waals surface area contributed by atoms with Crippen molar-refractivity contribution in [1.29, 1.82) is 0 Å². The van der Waals surface area contributed by atoms with E-state index in [1.165, 1.54) is 12.3 Å². The molecule has 2 N–H and O–H groups in total. The number of amides is 1. The van der Waals surface area contributed by atoms with Crippen LogP contribution in [0.25, 0.3) is 5.57 Å². The molecule has 11 heteroatoms. The molecule has 0 fully saturated rings. The minimum Gasteiger partial charge on any atom is -0.497 e. The number of aromatic nitrogens is 1. The number of allylic oxidation sites excluding steroid dienone is 5. The molecule has 0 aliphatic carbocycles. The van der Waals surface area contributed by atoms with Gasteiger partial charge in [0.1, 0.15) is 17.6 Å². The maximum Gasteiger partial charge on any atom is 0.306 e. The van der Waals surface area contributed by atoms with Gasteiger partial charge in [0.05, 0.1) is 20.1 Å². The normalized spacial score (nSPS) is 12.5. The first kappa shape index (κ1) is 40.9. The molecule has 1 atom stereocenters. The van der Waals surface area contributed by atoms with Gasteiger partial charge in [-0.3, -0.25) is 14.4 Å². The van der Waals surface area contributed by atoms with E-state index in [9.17, 15) is 27.6 Å². The number of halogens is 3. The van der Waals surface area contributed by atoms with E-state index in [0.29, 0.717) is 13.2 Å². The predicted molar refractivity (Wildman–Crippen MR) is 181 cm³/mol. The van der Waals surface area contributed by atoms with E-state index < -0.39 is 35.1 Å². The molecule has 0 aliphatic rings. The highest BCUT2D eigenvalue weighted by atomic mass is 19.2. The maximum atomic E-state index is 14.4. The number of nitrogens with zero attached hydrogens (tertiary/aromatic N) is 2. The first-order valence-corrected chi connectivity index (χ1v) is 15.5. The third kappa shape index (κ3) is 13.3. The highest BCUT2D eigenvalue weighted by Gasteiger charge is 2.25. The summed E-state index contributed by atoms with van der Waals surface area (Å²) in [5.41, 5.74) is 8.68. The van der Waals surface area contributed by atoms with Crippen LogP contribution in [0.4, 0.5) is 13.2 Å². The molecule has 1 aromatic carbocycles. The average molecular weight is 662 g/mol. The maximum absolute atomic E-state index is 14.4. The molecule has 2 aromatic rings. The first-order chi connectivity index (χ1) is 21.9. The van der Waals surface area contributed by atoms with Gasteiger partial charge in [-0.2, -0.15) is 4.39 Å². The van der Waals surface area contributed by atoms with Gasteiger partial charge in [0.2, 0.25) is 11.7 Å². The fraction of sp³-hybridized carbons (Fsp3) is 0.472. The minimum atomic E-state index is -1.47. The number of hydrogen-bond acceptors (Lipinski definition) is 6. The number of carbonyl (C=O) groups is 2. The van der Waals surface area contributed by atoms with Crippen LogP contribution in [-0.4, -0.2) is 55.7 Å². The Balaban J connectivity index is 0.000000474. The average Bonchev–Trinajstić information content (AvgIpc) is 2.97. The smallest absolute Gasteiger partial charge is 0.306 e. The summed E-state index contributed by atoms with van der Waals surface area (Å²) >= 11 is 0. The second kappa shape index (κ2) is 19.5. The molecule has 0 radical (unpaired) electrons. The van der Waals surface area contributed by atoms with Crippen molar-refractivity contribution in [1.82, 2.24) is 9.47 Å². The molecule has 0 bridgehead atoms. The number of pyridine rings is 1. The van der Waals surface area contributed by atoms with Crippen LogP contribution < -0.4 is 16.0 Å². The van der Waals surface area contributed by atoms with E-state index in [1.807, 2.05) is 57.7 Å². The van der Waals surface area contributed by atoms with Crippen molar-refractivity contribution in [2.45, 2.75) is 73.3 Å². The number of aryl methyl sites for hydroxylation is 2. The standard InChI is InChI=1S/C21H27FO3.C15H23F2N3O2/c1-7-25-20(23)9-8-18(22)13-17(10-14(2)3)21-15(4)11-19(24-6)12-16(21)5;1-9(2)7-11(14(18)21)20-8-10(5-6-19(3)4)12(16)13(17)15(20)22/h10-13H,2,7-9H2,1,3-6H3;8-9,11H,5-7H2,1-4H3,(H2,18,21)/b17-10+,18-13-;. The van der Waals surface area contributed by atoms with Crippen LogP contribution >= 0.6 is 0 Å². The van der Waals surface area contributed by atoms with Gasteiger partial charge in [0.15, 0.2) is 5.82 Å². The molecule has 1 aromatic heterocycles. The second-order valence-electron chi connectivity index (χ2n) is 12.1. The molecular formula is C36H50F3N3O5. The number of primary amides is 1. The Bertz CT molecular complexity index is 1500. The topological polar surface area (TPSA) is 104 Å². The van der Waals surface area contributed by atoms with Crippen molar-refractivity contribution in [3.05, 3.63) is 92.7 Å². The van der Waals surface area contributed by atoms with Crippen LogP contribution in [0.2, 0.25) is 0 Å². The van der Waals surface area contributed by atoms with Crippen LogP contribution in [0.1, 0.15) is 75.3 Å². The number of hydrogen-bond donors (Lipinski definition) is 1. The summed E-state index contributed by atoms with van der Waals surface area (Å²) in [5.74, 6) is -3.28. The predicted octanol–water partition coefficient (Wildman–Crippen LogP) is 6.77. The van der Waals surface area contributed by atoms with Crippen LogP contribution in [0.5, 0.6) is 5.75 Å². The first-order valence-electron chi connectivity index (χ1n) is 15.5. The molecule has 0 aliphatic heterocycles. The molecule has 47 heavy (non-hydrogen) atoms. The van der Waals surface area contributed by atoms with E-state index in [0.717, 1.165) is 38.2 Å². The highest BCUT2D eigenvalue weighted by Crippen LogP contribution is 2.31. The number of esters is 1. The summed E-state index contributed by atoms with van der Waals surface area (Å²) in [6.07, 6.45) is 5.07. The summed E-state index contributed by atoms with van der Waals surface area (Å²) in [6, 6.07) is 2.85. The van der Waals surface area contributed by atoms with Crippen LogP contribution in [-0.2, 0) is 20.7 Å². The lowest BCUT2D eigenvalue weighted by Gasteiger charge is -2.20. The van der Waals surface area contributed by atoms with E-state index in [4.69, 9.17) is 15.2 Å². The fourth-order valence-electron chi connectivity index (χ4n) is 4.84. The van der Waals surface area contributed by atoms with Gasteiger partial charge in [-0.25, -0.2) is 8.78 Å². The van der Waals surface area contributed by atoms with Gasteiger partial charge in [-0.1, -0.05) is 32.1 Å². The largest absolute Gasteiger partial charge is 0.497 e. The molecule has 0 spiro atoms. The number of carbonyl (C=O) groups excluding carboxylic acids is 2. The Morgan fingerprint density at radius 1 is 1.09 bits per heavy atom. The Morgan fingerprint density at radius 2 is 1.68 bits per heavy atom. The summed E-state index contributed by atoms with van der Waals surface area (Å²) in [7, 11) is 5.22. The van der Waals surface area contributed by atoms with Crippen molar-refractivity contribution in [3.8, 4) is 5.75 Å². The van der Waals surface area contributed by atoms with Gasteiger partial charge in [0.25, 0.3) is 5.56 Å². The zero-order chi connectivity index (χ0) is 36.0. The Labute approximate surface area is 276 Å². The molecule has 2 rings (SSSR count). The van der Waals surface area contributed by atoms with Gasteiger partial charge in [-0.15, -0.1) is 0 Å². The second-order valence-corrected chi connectivity index (χ2v) is 12.1. The van der Waals surface area contributed by atoms with Gasteiger partial charge >= 0.3 is 5.97 Å². The van der Waals surface area contributed by atoms with E-state index in [2.05, 4.69) is 6.58 Å². The molecule has 1 amide bonds. The van der Waals surface area contributed by atoms with Gasteiger partial charge < -0.3 is 24.7 Å². The molecule has 8 nitrogen and oxygen atoms in total. The lowest BCUT2D eigenvalue weighted by molar-refractivity contribution is -0.143. The lowest BCUT2D eigenvalue weighted by atomic mass is 9.93. The summed E-state index contributed by atoms with van der Waals surface area (Å²) < 4.78 is 53.2. The zero-order valence-electron chi connectivity index (χ0n) is 29.1. The number of methoxy groups -OCH3 is 1. The van der Waals surface area contributed by atoms with Crippen LogP contribution in [0, 0.1) is 31.4 Å². The Kier molecular flexibility index (Phi) is 17.0. The molecular weight excluding hydrogens is 611 g/mol. The Morgan fingerprint density at radius 3 is 2.15 bits per heavy atom. The SMILES string of the molecule is C=C(C)/C=C(\C=C(/F)CCC(=O)OCC)c1c(C)cc(OC)cc1C.CC(C)CC(C(N)=O)n1cc(CCN(C)C)c(F)c(F)c1=O. The molecule has 0 saturated carbocycles. The van der Waals surface area contributed by atoms with Crippen molar-refractivity contribution in [2.24, 2.45) is 11.7 Å². The van der Waals surface area contributed by atoms with Crippen molar-refractivity contribution >= 4 is 17.4 Å². The van der Waals surface area contributed by atoms with Crippen LogP contribution in [0.15, 0.2) is 53.3 Å². The summed E-state index contributed by atoms with van der Waals surface area (Å²) in [6.45, 7) is 15.9. The Hall–Kier alpha value is -4.12. The zero-order valence-corrected chi connectivity index (χ0v) is 29.1. The monoisotopic (exact) mass is 661 g/mol. The highest BCUT2D eigenvalue weighted by molar-refractivity contribution is 5.80. The van der Waals surface area contributed by atoms with Crippen molar-refractivity contribution < 1.29 is 32.2 Å². The summed E-state index contributed by atoms with van der Waals surface area (Å²) in [5, 5.41) is 0. The van der Waals surface area contributed by atoms with Gasteiger partial charge in [0, 0.05) is 24.7 Å².